The molecule has 0 radical (unpaired) electrons. The lowest BCUT2D eigenvalue weighted by Crippen LogP contribution is -2.37. The smallest absolute Gasteiger partial charge is 0.434 e. The predicted molar refractivity (Wildman–Crippen MR) is 164 cm³/mol. The number of hydrogen-bond acceptors (Lipinski definition) is 13. The van der Waals surface area contributed by atoms with Gasteiger partial charge in [0.2, 0.25) is 21.9 Å². The molecule has 1 saturated carbocycles. The molecule has 0 spiro atoms. The number of hydrogen-bond donors (Lipinski definition) is 2. The normalized spacial score (nSPS) is 19.0. The summed E-state index contributed by atoms with van der Waals surface area (Å²) < 4.78 is 80.7. The number of halogens is 3. The summed E-state index contributed by atoms with van der Waals surface area (Å²) in [5, 5.41) is 14.6. The molecule has 2 fully saturated rings. The summed E-state index contributed by atoms with van der Waals surface area (Å²) in [7, 11) is -2.71. The Hall–Kier alpha value is -4.69. The summed E-state index contributed by atoms with van der Waals surface area (Å²) in [5.41, 5.74) is -0.169. The lowest BCUT2D eigenvalue weighted by atomic mass is 9.93. The molecule has 48 heavy (non-hydrogen) atoms. The number of morpholine rings is 1. The molecule has 0 unspecified atom stereocenters. The average molecular weight is 693 g/mol. The highest BCUT2D eigenvalue weighted by Crippen LogP contribution is 2.33. The Labute approximate surface area is 271 Å². The van der Waals surface area contributed by atoms with Crippen molar-refractivity contribution >= 4 is 38.6 Å². The second-order valence-corrected chi connectivity index (χ2v) is 13.1. The van der Waals surface area contributed by atoms with E-state index in [9.17, 15) is 31.7 Å². The maximum absolute atomic E-state index is 13.3. The fourth-order valence-corrected chi connectivity index (χ4v) is 6.46. The topological polar surface area (TPSA) is 192 Å². The molecule has 0 amide bonds. The first-order valence-corrected chi connectivity index (χ1v) is 16.5. The van der Waals surface area contributed by atoms with E-state index >= 15 is 0 Å². The molecule has 1 saturated heterocycles. The zero-order chi connectivity index (χ0) is 34.1. The summed E-state index contributed by atoms with van der Waals surface area (Å²) >= 11 is 0. The van der Waals surface area contributed by atoms with Crippen LogP contribution >= 0.6 is 0 Å². The molecule has 6 rings (SSSR count). The molecule has 0 bridgehead atoms. The van der Waals surface area contributed by atoms with Gasteiger partial charge >= 0.3 is 12.1 Å². The third kappa shape index (κ3) is 7.39. The molecule has 2 N–H and O–H groups in total. The van der Waals surface area contributed by atoms with Crippen LogP contribution in [-0.4, -0.2) is 81.3 Å². The van der Waals surface area contributed by atoms with Crippen LogP contribution < -0.4 is 19.7 Å². The van der Waals surface area contributed by atoms with Gasteiger partial charge in [-0.25, -0.2) is 27.7 Å². The summed E-state index contributed by atoms with van der Waals surface area (Å²) in [6.45, 7) is 1.99. The Morgan fingerprint density at radius 2 is 1.75 bits per heavy atom. The molecule has 4 aromatic rings. The van der Waals surface area contributed by atoms with Crippen LogP contribution in [0.4, 0.5) is 30.9 Å². The van der Waals surface area contributed by atoms with E-state index in [4.69, 9.17) is 14.5 Å². The van der Waals surface area contributed by atoms with Crippen LogP contribution in [0.1, 0.15) is 36.9 Å². The second kappa shape index (κ2) is 13.4. The number of alkyl halides is 3. The number of nitro groups is 1. The van der Waals surface area contributed by atoms with Crippen molar-refractivity contribution in [3.05, 3.63) is 58.3 Å². The zero-order valence-electron chi connectivity index (χ0n) is 25.6. The first kappa shape index (κ1) is 33.2. The Morgan fingerprint density at radius 1 is 1.04 bits per heavy atom. The fourth-order valence-electron chi connectivity index (χ4n) is 5.49. The van der Waals surface area contributed by atoms with Crippen molar-refractivity contribution in [3.63, 3.8) is 0 Å². The van der Waals surface area contributed by atoms with Crippen LogP contribution in [0.3, 0.4) is 0 Å². The SMILES string of the molecule is Cn1c(CNS(=O)(=O)c2cnc3cc(N4CCOCC4)nc(OC4CCC(Nc5ncc(C(F)(F)F)cn5)CC4)c3c2)cnc1[N+](=O)[O-]. The van der Waals surface area contributed by atoms with E-state index in [1.165, 1.54) is 30.1 Å². The van der Waals surface area contributed by atoms with Gasteiger partial charge in [-0.05, 0) is 36.7 Å². The van der Waals surface area contributed by atoms with E-state index in [-0.39, 0.29) is 41.1 Å². The summed E-state index contributed by atoms with van der Waals surface area (Å²) in [6.07, 6.45) is 1.51. The Kier molecular flexibility index (Phi) is 9.30. The maximum atomic E-state index is 13.3. The molecule has 20 heteroatoms. The molecule has 16 nitrogen and oxygen atoms in total. The Balaban J connectivity index is 1.20. The molecular formula is C28H31F3N10O6S. The number of sulfonamides is 1. The second-order valence-electron chi connectivity index (χ2n) is 11.3. The lowest BCUT2D eigenvalue weighted by molar-refractivity contribution is -0.396. The highest BCUT2D eigenvalue weighted by atomic mass is 32.2. The average Bonchev–Trinajstić information content (AvgIpc) is 3.45. The highest BCUT2D eigenvalue weighted by molar-refractivity contribution is 7.89. The number of aromatic nitrogens is 6. The van der Waals surface area contributed by atoms with Gasteiger partial charge in [-0.3, -0.25) is 4.98 Å². The molecular weight excluding hydrogens is 661 g/mol. The van der Waals surface area contributed by atoms with E-state index in [1.807, 2.05) is 4.90 Å². The van der Waals surface area contributed by atoms with Gasteiger partial charge in [0.25, 0.3) is 0 Å². The number of imidazole rings is 1. The number of ether oxygens (including phenoxy) is 2. The third-order valence-electron chi connectivity index (χ3n) is 8.18. The minimum absolute atomic E-state index is 0.0867. The number of anilines is 2. The molecule has 0 atom stereocenters. The van der Waals surface area contributed by atoms with Gasteiger partial charge in [0.05, 0.1) is 43.3 Å². The van der Waals surface area contributed by atoms with Crippen molar-refractivity contribution in [1.29, 1.82) is 0 Å². The zero-order valence-corrected chi connectivity index (χ0v) is 26.4. The first-order chi connectivity index (χ1) is 22.9. The molecule has 256 valence electrons. The number of fused-ring (bicyclic) bond motifs is 1. The van der Waals surface area contributed by atoms with E-state index in [0.29, 0.717) is 68.7 Å². The monoisotopic (exact) mass is 692 g/mol. The van der Waals surface area contributed by atoms with Crippen molar-refractivity contribution in [2.24, 2.45) is 7.05 Å². The molecule has 0 aromatic carbocycles. The van der Waals surface area contributed by atoms with Gasteiger partial charge < -0.3 is 29.8 Å². The van der Waals surface area contributed by atoms with Gasteiger partial charge in [-0.2, -0.15) is 18.2 Å². The van der Waals surface area contributed by atoms with E-state index in [2.05, 4.69) is 30.0 Å². The van der Waals surface area contributed by atoms with Crippen molar-refractivity contribution in [3.8, 4) is 5.88 Å². The largest absolute Gasteiger partial charge is 0.474 e. The molecule has 4 aromatic heterocycles. The van der Waals surface area contributed by atoms with E-state index in [0.717, 1.165) is 12.4 Å². The maximum Gasteiger partial charge on any atom is 0.434 e. The van der Waals surface area contributed by atoms with Crippen molar-refractivity contribution < 1.29 is 36.0 Å². The van der Waals surface area contributed by atoms with Crippen LogP contribution in [0.15, 0.2) is 41.8 Å². The van der Waals surface area contributed by atoms with Crippen LogP contribution in [0.2, 0.25) is 0 Å². The minimum Gasteiger partial charge on any atom is -0.474 e. The molecule has 1 aliphatic carbocycles. The number of nitrogens with zero attached hydrogens (tertiary/aromatic N) is 8. The van der Waals surface area contributed by atoms with E-state index < -0.39 is 32.6 Å². The highest BCUT2D eigenvalue weighted by Gasteiger charge is 2.32. The summed E-state index contributed by atoms with van der Waals surface area (Å²) in [4.78, 5) is 32.8. The van der Waals surface area contributed by atoms with Crippen molar-refractivity contribution in [1.82, 2.24) is 34.2 Å². The van der Waals surface area contributed by atoms with Crippen LogP contribution in [-0.2, 0) is 34.5 Å². The summed E-state index contributed by atoms with van der Waals surface area (Å²) in [5.74, 6) is 0.504. The predicted octanol–water partition coefficient (Wildman–Crippen LogP) is 3.20. The minimum atomic E-state index is -4.52. The van der Waals surface area contributed by atoms with Crippen LogP contribution in [0.5, 0.6) is 5.88 Å². The van der Waals surface area contributed by atoms with Crippen molar-refractivity contribution in [2.75, 3.05) is 36.5 Å². The number of pyridine rings is 2. The molecule has 2 aliphatic rings. The lowest BCUT2D eigenvalue weighted by Gasteiger charge is -2.31. The number of nitrogens with one attached hydrogen (secondary N) is 2. The van der Waals surface area contributed by atoms with Gasteiger partial charge in [-0.1, -0.05) is 4.98 Å². The molecule has 5 heterocycles. The number of rotatable bonds is 10. The van der Waals surface area contributed by atoms with Crippen molar-refractivity contribution in [2.45, 2.75) is 55.4 Å². The molecule has 1 aliphatic heterocycles. The fraction of sp³-hybridized carbons (Fsp3) is 0.464. The first-order valence-electron chi connectivity index (χ1n) is 15.0. The standard InChI is InChI=1S/C28H31F3N10O6S/c1-39-19(14-35-27(39)41(42)43)15-36-48(44,45)21-10-22-23(32-16-21)11-24(40-6-8-46-9-7-40)38-25(22)47-20-4-2-18(3-5-20)37-26-33-12-17(13-34-26)28(29,30)31/h10-14,16,18,20,36H,2-9,15H2,1H3,(H,33,34,37). The van der Waals surface area contributed by atoms with Gasteiger partial charge in [0, 0.05) is 43.8 Å². The van der Waals surface area contributed by atoms with E-state index in [1.54, 1.807) is 6.07 Å². The van der Waals surface area contributed by atoms with Crippen LogP contribution in [0, 0.1) is 10.1 Å². The Morgan fingerprint density at radius 3 is 2.40 bits per heavy atom. The Bertz CT molecular complexity index is 1890. The quantitative estimate of drug-likeness (QED) is 0.182. The van der Waals surface area contributed by atoms with Crippen LogP contribution in [0.25, 0.3) is 10.9 Å². The van der Waals surface area contributed by atoms with Gasteiger partial charge in [0.1, 0.15) is 28.7 Å². The van der Waals surface area contributed by atoms with Gasteiger partial charge in [0.15, 0.2) is 0 Å². The summed E-state index contributed by atoms with van der Waals surface area (Å²) in [6, 6.07) is 3.10. The van der Waals surface area contributed by atoms with Gasteiger partial charge in [-0.15, -0.1) is 0 Å². The third-order valence-corrected chi connectivity index (χ3v) is 9.55.